The van der Waals surface area contributed by atoms with E-state index in [0.717, 1.165) is 11.3 Å². The number of imide groups is 1. The van der Waals surface area contributed by atoms with Crippen molar-refractivity contribution in [2.45, 2.75) is 45.6 Å². The highest BCUT2D eigenvalue weighted by Crippen LogP contribution is 2.46. The highest BCUT2D eigenvalue weighted by Gasteiger charge is 2.56. The molecule has 2 fully saturated rings. The molecule has 1 aliphatic carbocycles. The summed E-state index contributed by atoms with van der Waals surface area (Å²) in [7, 11) is 0. The van der Waals surface area contributed by atoms with Gasteiger partial charge in [-0.1, -0.05) is 39.0 Å². The van der Waals surface area contributed by atoms with Crippen LogP contribution in [0.15, 0.2) is 30.3 Å². The van der Waals surface area contributed by atoms with Crippen LogP contribution in [0, 0.1) is 11.3 Å². The van der Waals surface area contributed by atoms with Crippen molar-refractivity contribution in [2.75, 3.05) is 11.9 Å². The van der Waals surface area contributed by atoms with Crippen molar-refractivity contribution in [3.8, 4) is 0 Å². The Hall–Kier alpha value is -2.37. The number of nitrogens with zero attached hydrogens (tertiary/aromatic N) is 1. The molecule has 0 bridgehead atoms. The third-order valence-electron chi connectivity index (χ3n) is 4.98. The number of para-hydroxylation sites is 1. The Bertz CT molecular complexity index is 701. The predicted octanol–water partition coefficient (Wildman–Crippen LogP) is 2.76. The monoisotopic (exact) mass is 343 g/mol. The number of carbonyl (C=O) groups is 3. The predicted molar refractivity (Wildman–Crippen MR) is 94.8 cm³/mol. The molecule has 2 atom stereocenters. The Morgan fingerprint density at radius 2 is 1.92 bits per heavy atom. The van der Waals surface area contributed by atoms with Gasteiger partial charge >= 0.3 is 6.03 Å². The van der Waals surface area contributed by atoms with Gasteiger partial charge in [-0.3, -0.25) is 14.5 Å². The summed E-state index contributed by atoms with van der Waals surface area (Å²) in [5.74, 6) is -0.318. The van der Waals surface area contributed by atoms with E-state index in [4.69, 9.17) is 0 Å². The molecule has 6 nitrogen and oxygen atoms in total. The number of amides is 4. The molecule has 0 radical (unpaired) electrons. The van der Waals surface area contributed by atoms with Crippen LogP contribution in [0.4, 0.5) is 10.5 Å². The number of anilines is 1. The van der Waals surface area contributed by atoms with Crippen LogP contribution in [0.3, 0.4) is 0 Å². The summed E-state index contributed by atoms with van der Waals surface area (Å²) < 4.78 is 0. The van der Waals surface area contributed by atoms with E-state index < -0.39 is 11.6 Å². The Morgan fingerprint density at radius 3 is 2.56 bits per heavy atom. The lowest BCUT2D eigenvalue weighted by Gasteiger charge is -2.43. The third kappa shape index (κ3) is 3.52. The van der Waals surface area contributed by atoms with E-state index in [-0.39, 0.29) is 23.8 Å². The van der Waals surface area contributed by atoms with Gasteiger partial charge in [0.2, 0.25) is 5.91 Å². The van der Waals surface area contributed by atoms with Crippen molar-refractivity contribution in [1.29, 1.82) is 0 Å². The van der Waals surface area contributed by atoms with Gasteiger partial charge < -0.3 is 10.6 Å². The first-order valence-corrected chi connectivity index (χ1v) is 8.70. The number of carbonyl (C=O) groups excluding carboxylic acids is 3. The van der Waals surface area contributed by atoms with Crippen molar-refractivity contribution in [3.63, 3.8) is 0 Å². The second kappa shape index (κ2) is 6.17. The summed E-state index contributed by atoms with van der Waals surface area (Å²) in [5, 5.41) is 5.60. The van der Waals surface area contributed by atoms with Crippen LogP contribution in [0.5, 0.6) is 0 Å². The van der Waals surface area contributed by atoms with Gasteiger partial charge in [0.1, 0.15) is 12.1 Å². The van der Waals surface area contributed by atoms with Crippen LogP contribution >= 0.6 is 0 Å². The first-order valence-electron chi connectivity index (χ1n) is 8.70. The molecule has 6 heteroatoms. The minimum absolute atomic E-state index is 0.0249. The number of hydrogen-bond acceptors (Lipinski definition) is 3. The fraction of sp³-hybridized carbons (Fsp3) is 0.526. The van der Waals surface area contributed by atoms with Gasteiger partial charge in [-0.2, -0.15) is 0 Å². The number of rotatable bonds is 3. The average Bonchev–Trinajstić information content (AvgIpc) is 2.70. The van der Waals surface area contributed by atoms with Crippen molar-refractivity contribution >= 4 is 23.5 Å². The molecule has 4 amide bonds. The first kappa shape index (κ1) is 17.5. The van der Waals surface area contributed by atoms with Crippen LogP contribution in [-0.4, -0.2) is 34.8 Å². The van der Waals surface area contributed by atoms with Gasteiger partial charge in [-0.15, -0.1) is 0 Å². The molecule has 1 saturated heterocycles. The highest BCUT2D eigenvalue weighted by molar-refractivity contribution is 6.10. The van der Waals surface area contributed by atoms with Gasteiger partial charge in [-0.25, -0.2) is 4.79 Å². The van der Waals surface area contributed by atoms with E-state index >= 15 is 0 Å². The molecule has 134 valence electrons. The van der Waals surface area contributed by atoms with E-state index in [0.29, 0.717) is 24.4 Å². The van der Waals surface area contributed by atoms with Crippen molar-refractivity contribution in [1.82, 2.24) is 10.2 Å². The smallest absolute Gasteiger partial charge is 0.325 e. The lowest BCUT2D eigenvalue weighted by molar-refractivity contribution is -0.136. The first-order chi connectivity index (χ1) is 11.7. The molecule has 2 N–H and O–H groups in total. The number of urea groups is 1. The Kier molecular flexibility index (Phi) is 4.31. The topological polar surface area (TPSA) is 78.5 Å². The summed E-state index contributed by atoms with van der Waals surface area (Å²) in [5.41, 5.74) is -0.254. The van der Waals surface area contributed by atoms with Crippen molar-refractivity contribution < 1.29 is 14.4 Å². The van der Waals surface area contributed by atoms with Crippen molar-refractivity contribution in [3.05, 3.63) is 30.3 Å². The molecule has 1 spiro atoms. The third-order valence-corrected chi connectivity index (χ3v) is 4.98. The van der Waals surface area contributed by atoms with Gasteiger partial charge in [0, 0.05) is 5.69 Å². The quantitative estimate of drug-likeness (QED) is 0.828. The number of benzene rings is 1. The zero-order chi connectivity index (χ0) is 18.2. The van der Waals surface area contributed by atoms with Crippen LogP contribution < -0.4 is 10.6 Å². The summed E-state index contributed by atoms with van der Waals surface area (Å²) in [4.78, 5) is 38.6. The molecular weight excluding hydrogens is 318 g/mol. The molecule has 1 aromatic carbocycles. The van der Waals surface area contributed by atoms with Crippen LogP contribution in [0.25, 0.3) is 0 Å². The van der Waals surface area contributed by atoms with E-state index in [1.54, 1.807) is 12.1 Å². The standard InChI is InChI=1S/C19H25N3O3/c1-13-9-18(2,3)12-19(10-13)16(24)22(17(25)21-19)11-15(23)20-14-7-5-4-6-8-14/h4-8,13H,9-12H2,1-3H3,(H,20,23)(H,21,25)/t13-,19-/m0/s1. The zero-order valence-electron chi connectivity index (χ0n) is 15.0. The molecule has 2 aliphatic rings. The van der Waals surface area contributed by atoms with Gasteiger partial charge in [0.25, 0.3) is 5.91 Å². The number of nitrogens with one attached hydrogen (secondary N) is 2. The summed E-state index contributed by atoms with van der Waals surface area (Å²) >= 11 is 0. The maximum Gasteiger partial charge on any atom is 0.325 e. The van der Waals surface area contributed by atoms with Crippen LogP contribution in [0.1, 0.15) is 40.0 Å². The average molecular weight is 343 g/mol. The maximum atomic E-state index is 13.0. The Morgan fingerprint density at radius 1 is 1.24 bits per heavy atom. The molecule has 1 aromatic rings. The van der Waals surface area contributed by atoms with Gasteiger partial charge in [0.15, 0.2) is 0 Å². The fourth-order valence-corrected chi connectivity index (χ4v) is 4.52. The van der Waals surface area contributed by atoms with E-state index in [2.05, 4.69) is 31.4 Å². The summed E-state index contributed by atoms with van der Waals surface area (Å²) in [6.45, 7) is 6.08. The van der Waals surface area contributed by atoms with Crippen molar-refractivity contribution in [2.24, 2.45) is 11.3 Å². The zero-order valence-corrected chi connectivity index (χ0v) is 15.0. The second-order valence-corrected chi connectivity index (χ2v) is 8.17. The molecule has 1 heterocycles. The van der Waals surface area contributed by atoms with Gasteiger partial charge in [0.05, 0.1) is 0 Å². The second-order valence-electron chi connectivity index (χ2n) is 8.17. The van der Waals surface area contributed by atoms with Gasteiger partial charge in [-0.05, 0) is 42.7 Å². The molecule has 1 saturated carbocycles. The van der Waals surface area contributed by atoms with Crippen LogP contribution in [0.2, 0.25) is 0 Å². The molecule has 1 aliphatic heterocycles. The SMILES string of the molecule is C[C@H]1CC(C)(C)C[C@]2(C1)NC(=O)N(CC(=O)Nc1ccccc1)C2=O. The maximum absolute atomic E-state index is 13.0. The molecule has 0 unspecified atom stereocenters. The normalized spacial score (nSPS) is 28.1. The van der Waals surface area contributed by atoms with E-state index in [1.807, 2.05) is 18.2 Å². The minimum Gasteiger partial charge on any atom is -0.325 e. The summed E-state index contributed by atoms with van der Waals surface area (Å²) in [6, 6.07) is 8.52. The lowest BCUT2D eigenvalue weighted by atomic mass is 9.64. The molecule has 0 aromatic heterocycles. The Balaban J connectivity index is 1.72. The van der Waals surface area contributed by atoms with Crippen LogP contribution in [-0.2, 0) is 9.59 Å². The number of hydrogen-bond donors (Lipinski definition) is 2. The largest absolute Gasteiger partial charge is 0.325 e. The lowest BCUT2D eigenvalue weighted by Crippen LogP contribution is -2.54. The Labute approximate surface area is 148 Å². The summed E-state index contributed by atoms with van der Waals surface area (Å²) in [6.07, 6.45) is 2.25. The highest BCUT2D eigenvalue weighted by atomic mass is 16.2. The molecule has 3 rings (SSSR count). The molecular formula is C19H25N3O3. The van der Waals surface area contributed by atoms with E-state index in [1.165, 1.54) is 0 Å². The fourth-order valence-electron chi connectivity index (χ4n) is 4.52. The minimum atomic E-state index is -0.870. The molecule has 25 heavy (non-hydrogen) atoms. The van der Waals surface area contributed by atoms with E-state index in [9.17, 15) is 14.4 Å².